The molecule has 1 saturated heterocycles. The van der Waals surface area contributed by atoms with Crippen molar-refractivity contribution >= 4 is 17.9 Å². The summed E-state index contributed by atoms with van der Waals surface area (Å²) in [5.74, 6) is -7.06. The zero-order chi connectivity index (χ0) is 37.3. The van der Waals surface area contributed by atoms with Crippen molar-refractivity contribution in [1.29, 1.82) is 0 Å². The van der Waals surface area contributed by atoms with Gasteiger partial charge in [-0.25, -0.2) is 9.59 Å². The summed E-state index contributed by atoms with van der Waals surface area (Å²) in [6, 6.07) is 0. The first-order valence-electron chi connectivity index (χ1n) is 16.8. The van der Waals surface area contributed by atoms with Crippen molar-refractivity contribution in [2.45, 2.75) is 74.9 Å². The number of hydrogen-bond donors (Lipinski definition) is 11. The Bertz CT molecular complexity index is 1410. The Morgan fingerprint density at radius 3 is 2.49 bits per heavy atom. The summed E-state index contributed by atoms with van der Waals surface area (Å²) in [5, 5.41) is 82.9. The van der Waals surface area contributed by atoms with Crippen LogP contribution in [0.3, 0.4) is 0 Å². The number of aliphatic hydroxyl groups is 7. The van der Waals surface area contributed by atoms with Crippen molar-refractivity contribution in [1.82, 2.24) is 5.32 Å². The Morgan fingerprint density at radius 1 is 1.14 bits per heavy atom. The SMILES string of the molecule is C=C[C@H]1[C@H](O[C@@H]2O[C@H](CO)[C@@H](O)C(O)(O)[C@H]2O)OC=C(C(=O)OC2CCCC2)[C@H]1/C=C/C1=C(NC(N)=NCCCO)C(C(=O)O)=C[NH+](CCO)C1. The minimum absolute atomic E-state index is 0.0555. The van der Waals surface area contributed by atoms with Gasteiger partial charge in [-0.3, -0.25) is 4.99 Å². The number of carboxylic acids is 1. The molecule has 12 N–H and O–H groups in total. The summed E-state index contributed by atoms with van der Waals surface area (Å²) >= 11 is 0. The predicted octanol–water partition coefficient (Wildman–Crippen LogP) is -3.78. The van der Waals surface area contributed by atoms with E-state index in [0.29, 0.717) is 29.7 Å². The number of rotatable bonds is 15. The van der Waals surface area contributed by atoms with E-state index in [1.807, 2.05) is 0 Å². The number of quaternary nitrogens is 1. The number of guanidine groups is 1. The Kier molecular flexibility index (Phi) is 14.3. The zero-order valence-corrected chi connectivity index (χ0v) is 28.0. The van der Waals surface area contributed by atoms with Crippen LogP contribution in [0.2, 0.25) is 0 Å². The highest BCUT2D eigenvalue weighted by Gasteiger charge is 2.56. The summed E-state index contributed by atoms with van der Waals surface area (Å²) in [6.07, 6.45) is 1.24. The molecule has 284 valence electrons. The van der Waals surface area contributed by atoms with E-state index in [-0.39, 0.29) is 61.8 Å². The molecule has 0 bridgehead atoms. The van der Waals surface area contributed by atoms with Crippen molar-refractivity contribution < 1.29 is 74.3 Å². The van der Waals surface area contributed by atoms with Gasteiger partial charge in [0.05, 0.1) is 36.7 Å². The normalized spacial score (nSPS) is 31.5. The number of carboxylic acid groups (broad SMARTS) is 1. The number of nitrogens with zero attached hydrogens (tertiary/aromatic N) is 1. The van der Waals surface area contributed by atoms with Crippen molar-refractivity contribution in [3.05, 3.63) is 59.7 Å². The van der Waals surface area contributed by atoms with Crippen molar-refractivity contribution in [2.24, 2.45) is 22.6 Å². The summed E-state index contributed by atoms with van der Waals surface area (Å²) in [5.41, 5.74) is 6.48. The molecular weight excluding hydrogens is 676 g/mol. The maximum atomic E-state index is 13.6. The highest BCUT2D eigenvalue weighted by atomic mass is 16.8. The summed E-state index contributed by atoms with van der Waals surface area (Å²) in [7, 11) is 0. The molecule has 0 aromatic heterocycles. The van der Waals surface area contributed by atoms with Crippen LogP contribution in [0.5, 0.6) is 0 Å². The number of hydrogen-bond acceptors (Lipinski definition) is 14. The predicted molar refractivity (Wildman–Crippen MR) is 175 cm³/mol. The Hall–Kier alpha value is -3.69. The molecule has 0 aromatic rings. The van der Waals surface area contributed by atoms with E-state index in [4.69, 9.17) is 29.8 Å². The van der Waals surface area contributed by atoms with Crippen LogP contribution >= 0.6 is 0 Å². The summed E-state index contributed by atoms with van der Waals surface area (Å²) in [6.45, 7) is 3.19. The first-order valence-corrected chi connectivity index (χ1v) is 16.8. The minimum Gasteiger partial charge on any atom is -0.477 e. The van der Waals surface area contributed by atoms with E-state index in [9.17, 15) is 45.3 Å². The molecule has 0 aromatic carbocycles. The number of carbonyl (C=O) groups is 2. The van der Waals surface area contributed by atoms with Gasteiger partial charge in [-0.2, -0.15) is 0 Å². The maximum absolute atomic E-state index is 13.6. The van der Waals surface area contributed by atoms with E-state index in [1.54, 1.807) is 12.2 Å². The van der Waals surface area contributed by atoms with Gasteiger partial charge in [0.15, 0.2) is 18.4 Å². The second kappa shape index (κ2) is 18.2. The Balaban J connectivity index is 1.74. The smallest absolute Gasteiger partial charge is 0.343 e. The lowest BCUT2D eigenvalue weighted by Gasteiger charge is -2.46. The first kappa shape index (κ1) is 40.1. The molecule has 0 amide bonds. The number of ether oxygens (including phenoxy) is 4. The third kappa shape index (κ3) is 9.60. The number of aliphatic carboxylic acids is 1. The molecule has 8 atom stereocenters. The average molecular weight is 726 g/mol. The Labute approximate surface area is 294 Å². The van der Waals surface area contributed by atoms with Crippen LogP contribution in [0, 0.1) is 11.8 Å². The van der Waals surface area contributed by atoms with Crippen LogP contribution in [0.1, 0.15) is 32.1 Å². The molecule has 3 heterocycles. The third-order valence-corrected chi connectivity index (χ3v) is 9.11. The molecule has 18 heteroatoms. The lowest BCUT2D eigenvalue weighted by molar-refractivity contribution is -0.843. The van der Waals surface area contributed by atoms with Crippen LogP contribution in [-0.4, -0.2) is 141 Å². The zero-order valence-electron chi connectivity index (χ0n) is 28.0. The molecule has 4 aliphatic rings. The van der Waals surface area contributed by atoms with Gasteiger partial charge in [-0.05, 0) is 32.1 Å². The molecule has 0 radical (unpaired) electrons. The molecule has 1 unspecified atom stereocenters. The van der Waals surface area contributed by atoms with E-state index in [0.717, 1.165) is 19.1 Å². The van der Waals surface area contributed by atoms with Crippen molar-refractivity contribution in [3.63, 3.8) is 0 Å². The van der Waals surface area contributed by atoms with Crippen LogP contribution in [0.4, 0.5) is 0 Å². The number of aliphatic hydroxyl groups excluding tert-OH is 5. The van der Waals surface area contributed by atoms with Crippen LogP contribution in [-0.2, 0) is 28.5 Å². The van der Waals surface area contributed by atoms with Crippen molar-refractivity contribution in [2.75, 3.05) is 39.5 Å². The van der Waals surface area contributed by atoms with Crippen LogP contribution < -0.4 is 16.0 Å². The fourth-order valence-electron chi connectivity index (χ4n) is 6.31. The van der Waals surface area contributed by atoms with Gasteiger partial charge < -0.3 is 75.8 Å². The number of nitrogens with one attached hydrogen (secondary N) is 2. The monoisotopic (exact) mass is 725 g/mol. The molecular formula is C33H49N4O14+. The van der Waals surface area contributed by atoms with E-state index >= 15 is 0 Å². The molecule has 1 aliphatic carbocycles. The number of aliphatic imine (C=N–C) groups is 1. The van der Waals surface area contributed by atoms with Gasteiger partial charge in [0.2, 0.25) is 12.1 Å². The van der Waals surface area contributed by atoms with Gasteiger partial charge in [-0.15, -0.1) is 6.58 Å². The second-order valence-corrected chi connectivity index (χ2v) is 12.7. The number of carbonyl (C=O) groups excluding carboxylic acids is 1. The molecule has 2 fully saturated rings. The topological polar surface area (TPSA) is 288 Å². The third-order valence-electron chi connectivity index (χ3n) is 9.11. The maximum Gasteiger partial charge on any atom is 0.343 e. The molecule has 3 aliphatic heterocycles. The lowest BCUT2D eigenvalue weighted by atomic mass is 9.83. The van der Waals surface area contributed by atoms with E-state index in [2.05, 4.69) is 16.9 Å². The van der Waals surface area contributed by atoms with Gasteiger partial charge in [0, 0.05) is 24.6 Å². The minimum atomic E-state index is -3.13. The number of nitrogens with two attached hydrogens (primary N) is 1. The molecule has 0 spiro atoms. The second-order valence-electron chi connectivity index (χ2n) is 12.7. The number of esters is 1. The first-order chi connectivity index (χ1) is 24.4. The molecule has 4 rings (SSSR count). The van der Waals surface area contributed by atoms with E-state index in [1.165, 1.54) is 12.3 Å². The van der Waals surface area contributed by atoms with Gasteiger partial charge in [0.1, 0.15) is 43.2 Å². The average Bonchev–Trinajstić information content (AvgIpc) is 3.61. The van der Waals surface area contributed by atoms with Crippen molar-refractivity contribution in [3.8, 4) is 0 Å². The largest absolute Gasteiger partial charge is 0.477 e. The van der Waals surface area contributed by atoms with Gasteiger partial charge >= 0.3 is 11.9 Å². The molecule has 18 nitrogen and oxygen atoms in total. The highest BCUT2D eigenvalue weighted by molar-refractivity contribution is 5.94. The van der Waals surface area contributed by atoms with Gasteiger partial charge in [-0.1, -0.05) is 18.2 Å². The fraction of sp³-hybridized carbons (Fsp3) is 0.606. The highest BCUT2D eigenvalue weighted by Crippen LogP contribution is 2.38. The van der Waals surface area contributed by atoms with Crippen LogP contribution in [0.15, 0.2) is 64.7 Å². The quantitative estimate of drug-likeness (QED) is 0.0193. The van der Waals surface area contributed by atoms with E-state index < -0.39 is 67.1 Å². The fourth-order valence-corrected chi connectivity index (χ4v) is 6.31. The van der Waals surface area contributed by atoms with Crippen LogP contribution in [0.25, 0.3) is 0 Å². The number of allylic oxidation sites excluding steroid dienone is 1. The standard InChI is InChI=1S/C33H48N4O14/c1-2-20-21(9-8-18-14-37(11-13-39)15-22(28(43)44)25(18)36-32(34)35-10-5-12-38)23(29(45)49-19-6-3-4-7-19)17-48-30(20)51-31-27(42)33(46,47)26(41)24(16-40)50-31/h2,8-9,15,17,19-21,24,26-27,30-31,38-42,46-47H,1,3-7,10-14,16H2,(H,43,44)(H3,34,35,36)/p+1/b9-8+/t20-,21+,24-,26-,27+,30+,31+/m1/s1. The summed E-state index contributed by atoms with van der Waals surface area (Å²) < 4.78 is 22.8. The van der Waals surface area contributed by atoms with Gasteiger partial charge in [0.25, 0.3) is 0 Å². The molecule has 51 heavy (non-hydrogen) atoms. The Morgan fingerprint density at radius 2 is 1.86 bits per heavy atom. The molecule has 1 saturated carbocycles. The lowest BCUT2D eigenvalue weighted by Crippen LogP contribution is -3.09. The summed E-state index contributed by atoms with van der Waals surface area (Å²) in [4.78, 5) is 30.7.